The molecule has 50 heteroatoms. The van der Waals surface area contributed by atoms with Crippen LogP contribution in [-0.2, 0) is 179 Å². The van der Waals surface area contributed by atoms with Crippen molar-refractivity contribution in [1.29, 1.82) is 0 Å². The van der Waals surface area contributed by atoms with Crippen molar-refractivity contribution >= 4 is 71.6 Å². The molecule has 0 radical (unpaired) electrons. The quantitative estimate of drug-likeness (QED) is 0.0770. The van der Waals surface area contributed by atoms with Crippen LogP contribution in [0.3, 0.4) is 0 Å². The Morgan fingerprint density at radius 3 is 0.230 bits per heavy atom. The van der Waals surface area contributed by atoms with E-state index in [0.717, 1.165) is 74.4 Å². The second-order valence-corrected chi connectivity index (χ2v) is 20.6. The second kappa shape index (κ2) is 61.7. The summed E-state index contributed by atoms with van der Waals surface area (Å²) in [6.45, 7) is 0. The summed E-state index contributed by atoms with van der Waals surface area (Å²) in [5.74, 6) is -15.7. The van der Waals surface area contributed by atoms with Gasteiger partial charge < -0.3 is 163 Å². The zero-order valence-electron chi connectivity index (χ0n) is 60.4. The number of carbonyl (C=O) groups excluding carboxylic acids is 12. The van der Waals surface area contributed by atoms with Gasteiger partial charge in [-0.1, -0.05) is 0 Å². The Labute approximate surface area is 798 Å². The topological polar surface area (TPSA) is 870 Å². The molecular weight excluding hydrogens is 2090 g/mol. The normalized spacial score (nSPS) is 8.85. The Kier molecular flexibility index (Phi) is 63.7. The van der Waals surface area contributed by atoms with Crippen molar-refractivity contribution in [1.82, 2.24) is 59.8 Å². The molecule has 0 aliphatic heterocycles. The van der Waals surface area contributed by atoms with E-state index in [9.17, 15) is 119 Å². The minimum absolute atomic E-state index is 0. The first-order valence-electron chi connectivity index (χ1n) is 29.6. The van der Waals surface area contributed by atoms with Crippen LogP contribution in [0.4, 0.5) is 0 Å². The molecule has 122 heavy (non-hydrogen) atoms. The number of hydrogen-bond acceptors (Lipinski definition) is 40. The van der Waals surface area contributed by atoms with E-state index in [0.29, 0.717) is 68.3 Å². The van der Waals surface area contributed by atoms with Crippen LogP contribution in [0, 0.1) is 0 Å². The van der Waals surface area contributed by atoms with E-state index < -0.39 is 71.6 Å². The van der Waals surface area contributed by atoms with Crippen LogP contribution in [-0.4, -0.2) is 153 Å². The first-order chi connectivity index (χ1) is 51.5. The molecule has 0 saturated carbocycles. The number of hydrogen-bond donors (Lipinski definition) is 0. The van der Waals surface area contributed by atoms with Gasteiger partial charge in [0.15, 0.2) is 0 Å². The largest absolute Gasteiger partial charge is 4.00 e. The van der Waals surface area contributed by atoms with Crippen molar-refractivity contribution < 1.29 is 320 Å². The summed E-state index contributed by atoms with van der Waals surface area (Å²) < 4.78 is 0. The van der Waals surface area contributed by atoms with Crippen LogP contribution in [0.5, 0.6) is 0 Å². The number of pyridine rings is 12. The fraction of sp³-hybridized carbons (Fsp3) is 0. The average molecular weight is 2130 g/mol. The summed E-state index contributed by atoms with van der Waals surface area (Å²) in [4.78, 5) is 173. The van der Waals surface area contributed by atoms with E-state index >= 15 is 0 Å². The van der Waals surface area contributed by atoms with Crippen LogP contribution >= 0.6 is 0 Å². The summed E-state index contributed by atoms with van der Waals surface area (Å²) in [6.07, 6.45) is 13.8. The van der Waals surface area contributed by atoms with Gasteiger partial charge in [-0.05, 0) is 146 Å². The minimum Gasteiger partial charge on any atom is -2.00 e. The van der Waals surface area contributed by atoms with Crippen molar-refractivity contribution in [3.63, 3.8) is 0 Å². The molecule has 0 spiro atoms. The van der Waals surface area contributed by atoms with Crippen LogP contribution in [0.1, 0.15) is 124 Å². The van der Waals surface area contributed by atoms with Crippen molar-refractivity contribution in [3.05, 3.63) is 287 Å². The van der Waals surface area contributed by atoms with Gasteiger partial charge in [-0.15, -0.1) is 0 Å². The SMILES string of the molecule is O=C([O-])c1ccc(-c2ccc(C(=O)[O-])cn2)nc1.O=C([O-])c1ccc(-c2ccc(C(=O)[O-])cn2)nc1.O=C([O-])c1ccc(-c2ccc(C(=O)[O-])cn2)nc1.O=C([O-])c1ccc(-c2ccc(C(=O)[O-])cn2)nc1.O=C([O-])c1ccc(-c2ccc(C(=O)[O-])cn2)nc1.O=C([O-])c1ccc(-c2ccc(C(=O)[O-])cn2)nc1.[O-2].[O-2].[O-2].[O-2].[OH-].[OH-].[OH-].[OH-].[Zr+4].[Zr+4].[Zr+4].[Zr+4].[Zr+4].[Zr+4]. The van der Waals surface area contributed by atoms with E-state index in [1.807, 2.05) is 0 Å². The second-order valence-electron chi connectivity index (χ2n) is 20.6. The van der Waals surface area contributed by atoms with Gasteiger partial charge in [-0.3, -0.25) is 59.8 Å². The fourth-order valence-corrected chi connectivity index (χ4v) is 7.99. The monoisotopic (exact) mass is 2120 g/mol. The molecule has 44 nitrogen and oxygen atoms in total. The first kappa shape index (κ1) is 126. The van der Waals surface area contributed by atoms with Crippen LogP contribution in [0.25, 0.3) is 68.3 Å². The van der Waals surface area contributed by atoms with Gasteiger partial charge in [0, 0.05) is 141 Å². The smallest absolute Gasteiger partial charge is 2.00 e. The molecule has 0 aliphatic carbocycles. The molecule has 0 atom stereocenters. The molecular formula is C72H40N12O32Zr6. The zero-order chi connectivity index (χ0) is 78.7. The van der Waals surface area contributed by atoms with Gasteiger partial charge >= 0.3 is 157 Å². The Bertz CT molecular complexity index is 4120. The maximum atomic E-state index is 10.5. The van der Waals surface area contributed by atoms with Crippen molar-refractivity contribution in [2.75, 3.05) is 0 Å². The van der Waals surface area contributed by atoms with Crippen molar-refractivity contribution in [2.24, 2.45) is 0 Å². The van der Waals surface area contributed by atoms with Gasteiger partial charge in [-0.2, -0.15) is 0 Å². The van der Waals surface area contributed by atoms with E-state index in [2.05, 4.69) is 59.8 Å². The number of rotatable bonds is 18. The molecule has 0 fully saturated rings. The van der Waals surface area contributed by atoms with Crippen molar-refractivity contribution in [2.45, 2.75) is 0 Å². The summed E-state index contributed by atoms with van der Waals surface area (Å²) in [5.41, 5.74) is 4.78. The number of carbonyl (C=O) groups is 12. The standard InChI is InChI=1S/6C12H8N2O4.4H2O.4O.6Zr/c6*15-11(16)7-1-3-9(13-5-7)10-4-2-8(6-14-10)12(17)18;;;;;;;;;;;;;;/h6*1-6H,(H,15,16)(H,17,18);4*1H2;;;;;;;;;;/q;;;;;;;;;;4*-2;6*+4/p-16. The fourth-order valence-electron chi connectivity index (χ4n) is 7.99. The third-order valence-corrected chi connectivity index (χ3v) is 13.6. The van der Waals surface area contributed by atoms with Crippen LogP contribution in [0.2, 0.25) is 0 Å². The van der Waals surface area contributed by atoms with E-state index in [4.69, 9.17) is 0 Å². The molecule has 12 rings (SSSR count). The Morgan fingerprint density at radius 1 is 0.139 bits per heavy atom. The maximum absolute atomic E-state index is 10.5. The molecule has 604 valence electrons. The number of carboxylic acid groups (broad SMARTS) is 12. The number of aromatic carboxylic acids is 12. The van der Waals surface area contributed by atoms with Gasteiger partial charge in [0.2, 0.25) is 0 Å². The van der Waals surface area contributed by atoms with Gasteiger partial charge in [-0.25, -0.2) is 0 Å². The predicted octanol–water partition coefficient (Wildman–Crippen LogP) is -7.97. The molecule has 0 unspecified atom stereocenters. The third kappa shape index (κ3) is 38.4. The Balaban J connectivity index is -0.000000208. The summed E-state index contributed by atoms with van der Waals surface area (Å²) in [5, 5.41) is 126. The Morgan fingerprint density at radius 2 is 0.197 bits per heavy atom. The molecule has 0 aliphatic rings. The molecule has 0 saturated heterocycles. The molecule has 12 heterocycles. The Hall–Kier alpha value is -11.6. The zero-order valence-corrected chi connectivity index (χ0v) is 75.1. The summed E-state index contributed by atoms with van der Waals surface area (Å²) >= 11 is 0. The first-order valence-corrected chi connectivity index (χ1v) is 29.6. The van der Waals surface area contributed by atoms with Crippen molar-refractivity contribution in [3.8, 4) is 68.3 Å². The number of aromatic nitrogens is 12. The molecule has 12 aromatic rings. The number of nitrogens with zero attached hydrogens (tertiary/aromatic N) is 12. The molecule has 4 N–H and O–H groups in total. The van der Waals surface area contributed by atoms with Gasteiger partial charge in [0.05, 0.1) is 140 Å². The summed E-state index contributed by atoms with van der Waals surface area (Å²) in [7, 11) is 0. The van der Waals surface area contributed by atoms with E-state index in [1.54, 1.807) is 0 Å². The van der Waals surface area contributed by atoms with E-state index in [1.165, 1.54) is 146 Å². The molecule has 0 aromatic carbocycles. The number of carboxylic acids is 12. The van der Waals surface area contributed by atoms with Gasteiger partial charge in [0.25, 0.3) is 0 Å². The molecule has 0 bridgehead atoms. The molecule has 0 amide bonds. The summed E-state index contributed by atoms with van der Waals surface area (Å²) in [6, 6.07) is 33.6. The van der Waals surface area contributed by atoms with Crippen LogP contribution < -0.4 is 61.3 Å². The van der Waals surface area contributed by atoms with Gasteiger partial charge in [0.1, 0.15) is 0 Å². The maximum Gasteiger partial charge on any atom is 4.00 e. The third-order valence-electron chi connectivity index (χ3n) is 13.6. The minimum atomic E-state index is -1.31. The van der Waals surface area contributed by atoms with Crippen LogP contribution in [0.15, 0.2) is 220 Å². The molecule has 12 aromatic heterocycles. The predicted molar refractivity (Wildman–Crippen MR) is 347 cm³/mol. The average Bonchev–Trinajstić information content (AvgIpc) is 0.871. The van der Waals surface area contributed by atoms with E-state index in [-0.39, 0.29) is 268 Å².